The van der Waals surface area contributed by atoms with E-state index in [1.165, 1.54) is 6.07 Å². The number of alkyl halides is 3. The maximum absolute atomic E-state index is 12.7. The minimum Gasteiger partial charge on any atom is -0.344 e. The lowest BCUT2D eigenvalue weighted by molar-refractivity contribution is -0.137. The van der Waals surface area contributed by atoms with Gasteiger partial charge in [0.25, 0.3) is 11.5 Å². The van der Waals surface area contributed by atoms with Gasteiger partial charge in [-0.1, -0.05) is 6.07 Å². The van der Waals surface area contributed by atoms with E-state index in [-0.39, 0.29) is 5.69 Å². The third-order valence-electron chi connectivity index (χ3n) is 3.50. The number of benzene rings is 1. The molecule has 2 aromatic rings. The minimum absolute atomic E-state index is 0.0485. The largest absolute Gasteiger partial charge is 0.416 e. The van der Waals surface area contributed by atoms with Crippen molar-refractivity contribution in [2.75, 3.05) is 0 Å². The van der Waals surface area contributed by atoms with Crippen LogP contribution in [0.25, 0.3) is 0 Å². The Morgan fingerprint density at radius 3 is 2.46 bits per heavy atom. The van der Waals surface area contributed by atoms with Crippen LogP contribution in [0.1, 0.15) is 46.0 Å². The highest BCUT2D eigenvalue weighted by Crippen LogP contribution is 2.31. The summed E-state index contributed by atoms with van der Waals surface area (Å²) < 4.78 is 38.1. The Balaban J connectivity index is 2.22. The summed E-state index contributed by atoms with van der Waals surface area (Å²) in [5.41, 5.74) is -0.279. The number of hydrogen-bond donors (Lipinski definition) is 2. The third kappa shape index (κ3) is 4.01. The molecule has 1 amide bonds. The highest BCUT2D eigenvalue weighted by Gasteiger charge is 2.31. The maximum atomic E-state index is 12.7. The highest BCUT2D eigenvalue weighted by molar-refractivity contribution is 5.92. The summed E-state index contributed by atoms with van der Waals surface area (Å²) in [6.45, 7) is 4.73. The molecule has 0 aliphatic rings. The minimum atomic E-state index is -4.41. The van der Waals surface area contributed by atoms with Crippen LogP contribution in [0.5, 0.6) is 0 Å². The van der Waals surface area contributed by atoms with Crippen molar-refractivity contribution in [3.63, 3.8) is 0 Å². The summed E-state index contributed by atoms with van der Waals surface area (Å²) in [5, 5.41) is 2.63. The van der Waals surface area contributed by atoms with Gasteiger partial charge in [-0.15, -0.1) is 0 Å². The molecule has 1 heterocycles. The number of H-pyrrole nitrogens is 1. The molecular formula is C16H16F3N3O2. The van der Waals surface area contributed by atoms with Crippen LogP contribution in [0.4, 0.5) is 13.2 Å². The number of aromatic amines is 1. The van der Waals surface area contributed by atoms with Gasteiger partial charge in [0, 0.05) is 6.07 Å². The van der Waals surface area contributed by atoms with E-state index in [1.54, 1.807) is 20.8 Å². The fraction of sp³-hybridized carbons (Fsp3) is 0.312. The summed E-state index contributed by atoms with van der Waals surface area (Å²) in [7, 11) is 0. The molecule has 8 heteroatoms. The highest BCUT2D eigenvalue weighted by atomic mass is 19.4. The predicted molar refractivity (Wildman–Crippen MR) is 81.7 cm³/mol. The standard InChI is InChI=1S/C16H16F3N3O2/c1-8-6-11(16(17,18)19)4-5-12(8)9(2)20-15(24)13-7-14(23)22-10(3)21-13/h4-7,9H,1-3H3,(H,20,24)(H,21,22,23). The number of carbonyl (C=O) groups excluding carboxylic acids is 1. The summed E-state index contributed by atoms with van der Waals surface area (Å²) in [6, 6.07) is 3.86. The molecule has 0 saturated carbocycles. The summed E-state index contributed by atoms with van der Waals surface area (Å²) in [6.07, 6.45) is -4.41. The first kappa shape index (κ1) is 17.7. The Kier molecular flexibility index (Phi) is 4.77. The van der Waals surface area contributed by atoms with Crippen molar-refractivity contribution < 1.29 is 18.0 Å². The first-order chi connectivity index (χ1) is 11.1. The van der Waals surface area contributed by atoms with Gasteiger partial charge in [-0.05, 0) is 44.0 Å². The molecule has 2 N–H and O–H groups in total. The zero-order valence-electron chi connectivity index (χ0n) is 13.3. The maximum Gasteiger partial charge on any atom is 0.416 e. The Morgan fingerprint density at radius 1 is 1.25 bits per heavy atom. The second-order valence-electron chi connectivity index (χ2n) is 5.48. The molecule has 0 aliphatic carbocycles. The first-order valence-electron chi connectivity index (χ1n) is 7.14. The predicted octanol–water partition coefficient (Wildman–Crippen LogP) is 2.90. The van der Waals surface area contributed by atoms with E-state index in [0.29, 0.717) is 17.0 Å². The van der Waals surface area contributed by atoms with Crippen LogP contribution in [-0.4, -0.2) is 15.9 Å². The van der Waals surface area contributed by atoms with Crippen LogP contribution in [0.15, 0.2) is 29.1 Å². The number of nitrogens with zero attached hydrogens (tertiary/aromatic N) is 1. The molecule has 1 atom stereocenters. The lowest BCUT2D eigenvalue weighted by Crippen LogP contribution is -2.29. The van der Waals surface area contributed by atoms with E-state index in [4.69, 9.17) is 0 Å². The molecule has 0 fully saturated rings. The molecule has 24 heavy (non-hydrogen) atoms. The molecule has 0 radical (unpaired) electrons. The molecule has 1 aromatic carbocycles. The number of nitrogens with one attached hydrogen (secondary N) is 2. The number of amides is 1. The molecule has 1 aromatic heterocycles. The fourth-order valence-electron chi connectivity index (χ4n) is 2.38. The van der Waals surface area contributed by atoms with Gasteiger partial charge < -0.3 is 10.3 Å². The topological polar surface area (TPSA) is 74.8 Å². The Hall–Kier alpha value is -2.64. The smallest absolute Gasteiger partial charge is 0.344 e. The quantitative estimate of drug-likeness (QED) is 0.903. The molecule has 1 unspecified atom stereocenters. The van der Waals surface area contributed by atoms with Crippen molar-refractivity contribution >= 4 is 5.91 Å². The first-order valence-corrected chi connectivity index (χ1v) is 7.14. The van der Waals surface area contributed by atoms with Crippen LogP contribution in [0, 0.1) is 13.8 Å². The lowest BCUT2D eigenvalue weighted by Gasteiger charge is -2.18. The number of hydrogen-bond acceptors (Lipinski definition) is 3. The second kappa shape index (κ2) is 6.46. The zero-order chi connectivity index (χ0) is 18.1. The molecule has 0 bridgehead atoms. The van der Waals surface area contributed by atoms with Crippen molar-refractivity contribution in [2.45, 2.75) is 33.0 Å². The van der Waals surface area contributed by atoms with E-state index in [9.17, 15) is 22.8 Å². The Morgan fingerprint density at radius 2 is 1.92 bits per heavy atom. The molecule has 0 saturated heterocycles. The van der Waals surface area contributed by atoms with E-state index >= 15 is 0 Å². The van der Waals surface area contributed by atoms with Gasteiger partial charge in [-0.25, -0.2) is 4.98 Å². The lowest BCUT2D eigenvalue weighted by atomic mass is 9.99. The molecule has 0 aliphatic heterocycles. The van der Waals surface area contributed by atoms with E-state index in [1.807, 2.05) is 0 Å². The van der Waals surface area contributed by atoms with Gasteiger partial charge in [0.15, 0.2) is 0 Å². The normalized spacial score (nSPS) is 12.8. The van der Waals surface area contributed by atoms with Crippen molar-refractivity contribution in [1.82, 2.24) is 15.3 Å². The molecule has 5 nitrogen and oxygen atoms in total. The number of aryl methyl sites for hydroxylation is 2. The summed E-state index contributed by atoms with van der Waals surface area (Å²) >= 11 is 0. The molecular weight excluding hydrogens is 323 g/mol. The Bertz CT molecular complexity index is 828. The fourth-order valence-corrected chi connectivity index (χ4v) is 2.38. The Labute approximate surface area is 135 Å². The third-order valence-corrected chi connectivity index (χ3v) is 3.50. The van der Waals surface area contributed by atoms with E-state index in [2.05, 4.69) is 15.3 Å². The van der Waals surface area contributed by atoms with Gasteiger partial charge in [0.1, 0.15) is 11.5 Å². The SMILES string of the molecule is Cc1nc(C(=O)NC(C)c2ccc(C(F)(F)F)cc2C)cc(=O)[nH]1. The van der Waals surface area contributed by atoms with Crippen molar-refractivity contribution in [3.05, 3.63) is 62.8 Å². The number of aromatic nitrogens is 2. The van der Waals surface area contributed by atoms with Crippen LogP contribution in [0.3, 0.4) is 0 Å². The van der Waals surface area contributed by atoms with Crippen molar-refractivity contribution in [3.8, 4) is 0 Å². The average Bonchev–Trinajstić information content (AvgIpc) is 2.44. The monoisotopic (exact) mass is 339 g/mol. The van der Waals surface area contributed by atoms with Crippen LogP contribution in [-0.2, 0) is 6.18 Å². The molecule has 0 spiro atoms. The van der Waals surface area contributed by atoms with E-state index in [0.717, 1.165) is 18.2 Å². The van der Waals surface area contributed by atoms with Gasteiger partial charge in [-0.2, -0.15) is 13.2 Å². The van der Waals surface area contributed by atoms with Gasteiger partial charge in [-0.3, -0.25) is 9.59 Å². The zero-order valence-corrected chi connectivity index (χ0v) is 13.3. The van der Waals surface area contributed by atoms with E-state index < -0.39 is 29.2 Å². The van der Waals surface area contributed by atoms with Gasteiger partial charge in [0.2, 0.25) is 0 Å². The van der Waals surface area contributed by atoms with Crippen LogP contribution < -0.4 is 10.9 Å². The van der Waals surface area contributed by atoms with Gasteiger partial charge in [0.05, 0.1) is 11.6 Å². The summed E-state index contributed by atoms with van der Waals surface area (Å²) in [4.78, 5) is 29.9. The van der Waals surface area contributed by atoms with Crippen LogP contribution >= 0.6 is 0 Å². The average molecular weight is 339 g/mol. The number of halogens is 3. The number of carbonyl (C=O) groups is 1. The van der Waals surface area contributed by atoms with Crippen molar-refractivity contribution in [1.29, 1.82) is 0 Å². The number of rotatable bonds is 3. The van der Waals surface area contributed by atoms with Crippen LogP contribution in [0.2, 0.25) is 0 Å². The molecule has 128 valence electrons. The second-order valence-corrected chi connectivity index (χ2v) is 5.48. The summed E-state index contributed by atoms with van der Waals surface area (Å²) in [5.74, 6) is -0.276. The van der Waals surface area contributed by atoms with Crippen molar-refractivity contribution in [2.24, 2.45) is 0 Å². The van der Waals surface area contributed by atoms with Gasteiger partial charge >= 0.3 is 6.18 Å². The molecule has 2 rings (SSSR count).